The Balaban J connectivity index is 0.000000194. The van der Waals surface area contributed by atoms with Gasteiger partial charge in [-0.1, -0.05) is 27.7 Å². The largest absolute Gasteiger partial charge is 0.396 e. The fraction of sp³-hybridized carbons (Fsp3) is 0.397. The summed E-state index contributed by atoms with van der Waals surface area (Å²) < 4.78 is 8.08. The summed E-state index contributed by atoms with van der Waals surface area (Å²) in [4.78, 5) is 19.8. The SMILES string of the molecule is CCc1nn2c(C)c(C)c(C)c(C)c2c1CC1=NC(=Nc2c(CC)nn3c(C)c(C)c(C)c(C)c23)C(N)=CC1=N.CCc1nn2c(C)c(C)c(C)c(C)c2c1N=C1N=C(Nc2c(CC)nn3c(C)c(C)c(C)c(C)c23)C(=N)C=C1N. The highest BCUT2D eigenvalue weighted by Crippen LogP contribution is 2.37. The average Bonchev–Trinajstić information content (AvgIpc) is 4.23. The molecule has 10 rings (SSSR count). The first-order valence-electron chi connectivity index (χ1n) is 28.0. The molecule has 17 nitrogen and oxygen atoms in total. The van der Waals surface area contributed by atoms with Gasteiger partial charge in [0.2, 0.25) is 0 Å². The van der Waals surface area contributed by atoms with E-state index in [9.17, 15) is 0 Å². The van der Waals surface area contributed by atoms with Crippen LogP contribution in [0, 0.1) is 122 Å². The predicted octanol–water partition coefficient (Wildman–Crippen LogP) is 12.2. The lowest BCUT2D eigenvalue weighted by atomic mass is 9.96. The zero-order valence-electron chi connectivity index (χ0n) is 50.7. The summed E-state index contributed by atoms with van der Waals surface area (Å²) in [5, 5.41) is 40.6. The lowest BCUT2D eigenvalue weighted by molar-refractivity contribution is 0.851. The van der Waals surface area contributed by atoms with E-state index in [2.05, 4.69) is 148 Å². The van der Waals surface area contributed by atoms with Gasteiger partial charge in [0, 0.05) is 34.8 Å². The van der Waals surface area contributed by atoms with Gasteiger partial charge in [0.15, 0.2) is 17.5 Å². The molecule has 0 unspecified atom stereocenters. The number of allylic oxidation sites excluding steroid dienone is 1. The van der Waals surface area contributed by atoms with Gasteiger partial charge in [-0.15, -0.1) is 0 Å². The molecule has 8 aromatic rings. The van der Waals surface area contributed by atoms with Crippen LogP contribution in [-0.4, -0.2) is 73.1 Å². The van der Waals surface area contributed by atoms with Crippen LogP contribution in [-0.2, 0) is 32.1 Å². The number of hydrogen-bond donors (Lipinski definition) is 5. The monoisotopic (exact) mass is 1070 g/mol. The Hall–Kier alpha value is -8.34. The van der Waals surface area contributed by atoms with Crippen molar-refractivity contribution in [2.75, 3.05) is 5.32 Å². The summed E-state index contributed by atoms with van der Waals surface area (Å²) in [6, 6.07) is 0. The molecule has 0 aliphatic carbocycles. The maximum Gasteiger partial charge on any atom is 0.178 e. The minimum absolute atomic E-state index is 0.199. The number of nitrogens with two attached hydrogens (primary N) is 2. The smallest absolute Gasteiger partial charge is 0.178 e. The maximum absolute atomic E-state index is 8.76. The van der Waals surface area contributed by atoms with Crippen molar-refractivity contribution >= 4 is 73.8 Å². The number of aliphatic imine (C=N–C) groups is 4. The second kappa shape index (κ2) is 21.0. The standard InChI is InChI=1S/C32H40N8.C31H39N9/c1-11-26-23(30-19(7)15(3)17(5)21(9)39(30)37-26)13-28-24(33)14-25(34)32(35-28)36-29-27(12-2)38-40-22(10)18(6)16(4)20(8)31(29)40;1-11-24-26(28-18(7)14(3)16(5)20(9)39(28)37-24)34-30-22(32)13-23(33)31(36-30)35-27-25(12-2)38-40-21(10)17(6)15(4)19(8)29(27)40/h14,33H,11-13,34H2,1-10H3;13,32H,11-12,33H2,1-10H3,(H,34,35,36). The number of nitrogens with one attached hydrogen (secondary N) is 3. The fourth-order valence-corrected chi connectivity index (χ4v) is 11.3. The summed E-state index contributed by atoms with van der Waals surface area (Å²) in [5.41, 5.74) is 45.1. The Bertz CT molecular complexity index is 3950. The van der Waals surface area contributed by atoms with E-state index in [4.69, 9.17) is 62.7 Å². The van der Waals surface area contributed by atoms with Crippen molar-refractivity contribution in [1.29, 1.82) is 10.8 Å². The molecule has 0 saturated heterocycles. The summed E-state index contributed by atoms with van der Waals surface area (Å²) in [6.07, 6.45) is 6.77. The van der Waals surface area contributed by atoms with Gasteiger partial charge in [-0.2, -0.15) is 20.4 Å². The van der Waals surface area contributed by atoms with Crippen LogP contribution in [0.3, 0.4) is 0 Å². The van der Waals surface area contributed by atoms with Crippen LogP contribution >= 0.6 is 0 Å². The first kappa shape index (κ1) is 56.4. The van der Waals surface area contributed by atoms with Crippen LogP contribution in [0.5, 0.6) is 0 Å². The van der Waals surface area contributed by atoms with Crippen molar-refractivity contribution in [1.82, 2.24) is 38.5 Å². The Morgan fingerprint density at radius 3 is 1.21 bits per heavy atom. The quantitative estimate of drug-likeness (QED) is 0.0937. The van der Waals surface area contributed by atoms with Crippen LogP contribution in [0.15, 0.2) is 43.5 Å². The van der Waals surface area contributed by atoms with E-state index in [-0.39, 0.29) is 5.71 Å². The first-order chi connectivity index (χ1) is 37.8. The van der Waals surface area contributed by atoms with Gasteiger partial charge in [-0.3, -0.25) is 10.8 Å². The van der Waals surface area contributed by atoms with E-state index < -0.39 is 0 Å². The number of aryl methyl sites for hydroxylation is 12. The van der Waals surface area contributed by atoms with E-state index in [1.165, 1.54) is 50.1 Å². The molecule has 0 bridgehead atoms. The van der Waals surface area contributed by atoms with E-state index in [1.807, 2.05) is 13.5 Å². The van der Waals surface area contributed by atoms with E-state index >= 15 is 0 Å². The van der Waals surface area contributed by atoms with Crippen LogP contribution in [0.4, 0.5) is 17.1 Å². The molecule has 0 saturated carbocycles. The summed E-state index contributed by atoms with van der Waals surface area (Å²) in [7, 11) is 0. The van der Waals surface area contributed by atoms with Crippen molar-refractivity contribution in [3.05, 3.63) is 141 Å². The highest BCUT2D eigenvalue weighted by Gasteiger charge is 2.28. The molecule has 0 amide bonds. The van der Waals surface area contributed by atoms with E-state index in [0.717, 1.165) is 133 Å². The van der Waals surface area contributed by atoms with Gasteiger partial charge in [-0.25, -0.2) is 38.0 Å². The number of amidine groups is 3. The zero-order valence-corrected chi connectivity index (χ0v) is 50.7. The number of aromatic nitrogens is 8. The molecule has 416 valence electrons. The van der Waals surface area contributed by atoms with Gasteiger partial charge in [0.05, 0.1) is 79.1 Å². The Labute approximate surface area is 469 Å². The fourth-order valence-electron chi connectivity index (χ4n) is 11.3. The second-order valence-electron chi connectivity index (χ2n) is 21.9. The molecule has 0 aromatic carbocycles. The molecule has 80 heavy (non-hydrogen) atoms. The molecule has 2 aliphatic heterocycles. The van der Waals surface area contributed by atoms with Gasteiger partial charge in [-0.05, 0) is 215 Å². The molecule has 0 spiro atoms. The summed E-state index contributed by atoms with van der Waals surface area (Å²) in [6.45, 7) is 42.4. The molecule has 0 atom stereocenters. The molecule has 0 fully saturated rings. The molecular weight excluding hydrogens is 995 g/mol. The number of rotatable bonds is 9. The van der Waals surface area contributed by atoms with Crippen molar-refractivity contribution < 1.29 is 0 Å². The third kappa shape index (κ3) is 8.94. The maximum atomic E-state index is 8.76. The highest BCUT2D eigenvalue weighted by atomic mass is 15.3. The number of hydrogen-bond acceptors (Lipinski definition) is 11. The van der Waals surface area contributed by atoms with Crippen LogP contribution in [0.2, 0.25) is 0 Å². The lowest BCUT2D eigenvalue weighted by Gasteiger charge is -2.17. The van der Waals surface area contributed by atoms with E-state index in [1.54, 1.807) is 12.2 Å². The molecule has 17 heteroatoms. The number of pyridine rings is 4. The normalized spacial score (nSPS) is 15.0. The second-order valence-corrected chi connectivity index (χ2v) is 21.9. The Kier molecular flexibility index (Phi) is 14.8. The topological polar surface area (TPSA) is 230 Å². The molecule has 7 N–H and O–H groups in total. The van der Waals surface area contributed by atoms with Crippen LogP contribution < -0.4 is 16.8 Å². The Morgan fingerprint density at radius 1 is 0.425 bits per heavy atom. The number of dihydropyridines is 2. The number of anilines is 1. The van der Waals surface area contributed by atoms with Gasteiger partial charge < -0.3 is 16.8 Å². The molecule has 8 aromatic heterocycles. The molecule has 10 heterocycles. The average molecular weight is 1070 g/mol. The predicted molar refractivity (Wildman–Crippen MR) is 330 cm³/mol. The van der Waals surface area contributed by atoms with Crippen molar-refractivity contribution in [2.45, 2.75) is 171 Å². The Morgan fingerprint density at radius 2 is 0.775 bits per heavy atom. The van der Waals surface area contributed by atoms with Crippen molar-refractivity contribution in [3.8, 4) is 0 Å². The van der Waals surface area contributed by atoms with Crippen LogP contribution in [0.25, 0.3) is 22.1 Å². The third-order valence-electron chi connectivity index (χ3n) is 17.8. The van der Waals surface area contributed by atoms with E-state index in [0.29, 0.717) is 46.7 Å². The van der Waals surface area contributed by atoms with Crippen molar-refractivity contribution in [2.24, 2.45) is 31.4 Å². The minimum Gasteiger partial charge on any atom is -0.396 e. The molecular formula is C63H79N17. The van der Waals surface area contributed by atoms with Crippen LogP contribution in [0.1, 0.15) is 146 Å². The van der Waals surface area contributed by atoms with Gasteiger partial charge in [0.25, 0.3) is 0 Å². The number of nitrogens with zero attached hydrogens (tertiary/aromatic N) is 12. The van der Waals surface area contributed by atoms with Gasteiger partial charge >= 0.3 is 0 Å². The molecule has 0 radical (unpaired) electrons. The lowest BCUT2D eigenvalue weighted by Crippen LogP contribution is -2.29. The first-order valence-corrected chi connectivity index (χ1v) is 28.0. The third-order valence-corrected chi connectivity index (χ3v) is 17.8. The summed E-state index contributed by atoms with van der Waals surface area (Å²) >= 11 is 0. The number of fused-ring (bicyclic) bond motifs is 4. The highest BCUT2D eigenvalue weighted by molar-refractivity contribution is 6.52. The van der Waals surface area contributed by atoms with Gasteiger partial charge in [0.1, 0.15) is 11.4 Å². The van der Waals surface area contributed by atoms with Crippen molar-refractivity contribution in [3.63, 3.8) is 0 Å². The summed E-state index contributed by atoms with van der Waals surface area (Å²) in [5.74, 6) is 1.19. The minimum atomic E-state index is 0.199. The zero-order chi connectivity index (χ0) is 58.4. The molecule has 2 aliphatic rings.